The molecule has 0 saturated carbocycles. The van der Waals surface area contributed by atoms with Gasteiger partial charge in [-0.3, -0.25) is 4.79 Å². The zero-order chi connectivity index (χ0) is 12.7. The van der Waals surface area contributed by atoms with Crippen LogP contribution in [-0.2, 0) is 20.9 Å². The summed E-state index contributed by atoms with van der Waals surface area (Å²) >= 11 is 3.99. The fourth-order valence-electron chi connectivity index (χ4n) is 1.25. The third-order valence-corrected chi connectivity index (χ3v) is 2.43. The molecule has 0 radical (unpaired) electrons. The summed E-state index contributed by atoms with van der Waals surface area (Å²) in [7, 11) is 0. The molecule has 92 valence electrons. The summed E-state index contributed by atoms with van der Waals surface area (Å²) in [6.45, 7) is 1.55. The van der Waals surface area contributed by atoms with Crippen LogP contribution in [0.1, 0.15) is 12.5 Å². The predicted molar refractivity (Wildman–Crippen MR) is 67.7 cm³/mol. The van der Waals surface area contributed by atoms with Crippen molar-refractivity contribution in [3.63, 3.8) is 0 Å². The Morgan fingerprint density at radius 1 is 1.35 bits per heavy atom. The lowest BCUT2D eigenvalue weighted by Gasteiger charge is -2.14. The lowest BCUT2D eigenvalue weighted by Crippen LogP contribution is -2.42. The number of amides is 1. The van der Waals surface area contributed by atoms with E-state index in [1.807, 2.05) is 30.3 Å². The molecule has 0 aliphatic heterocycles. The van der Waals surface area contributed by atoms with Crippen molar-refractivity contribution in [3.05, 3.63) is 35.9 Å². The van der Waals surface area contributed by atoms with Gasteiger partial charge in [0.05, 0.1) is 0 Å². The Bertz CT molecular complexity index is 381. The highest BCUT2D eigenvalue weighted by Gasteiger charge is 2.19. The third-order valence-electron chi connectivity index (χ3n) is 2.07. The van der Waals surface area contributed by atoms with Crippen LogP contribution in [0.25, 0.3) is 0 Å². The number of hydrogen-bond acceptors (Lipinski definition) is 4. The SMILES string of the molecule is CC(=O)NC(CS)C(=O)OCc1ccccc1. The molecule has 1 N–H and O–H groups in total. The molecule has 1 aromatic rings. The molecule has 0 saturated heterocycles. The molecule has 1 amide bonds. The predicted octanol–water partition coefficient (Wildman–Crippen LogP) is 1.16. The Morgan fingerprint density at radius 3 is 2.53 bits per heavy atom. The Kier molecular flexibility index (Phi) is 5.56. The molecule has 0 heterocycles. The topological polar surface area (TPSA) is 55.4 Å². The van der Waals surface area contributed by atoms with Gasteiger partial charge in [0.15, 0.2) is 0 Å². The Morgan fingerprint density at radius 2 is 2.00 bits per heavy atom. The van der Waals surface area contributed by atoms with Gasteiger partial charge in [0.1, 0.15) is 12.6 Å². The molecule has 0 bridgehead atoms. The minimum atomic E-state index is -0.695. The van der Waals surface area contributed by atoms with E-state index in [4.69, 9.17) is 4.74 Å². The molecule has 17 heavy (non-hydrogen) atoms. The molecule has 0 aliphatic carbocycles. The maximum Gasteiger partial charge on any atom is 0.329 e. The summed E-state index contributed by atoms with van der Waals surface area (Å²) in [5, 5.41) is 2.48. The first-order chi connectivity index (χ1) is 8.13. The van der Waals surface area contributed by atoms with Crippen LogP contribution in [0.15, 0.2) is 30.3 Å². The fraction of sp³-hybridized carbons (Fsp3) is 0.333. The zero-order valence-corrected chi connectivity index (χ0v) is 10.4. The van der Waals surface area contributed by atoms with E-state index >= 15 is 0 Å². The zero-order valence-electron chi connectivity index (χ0n) is 9.55. The third kappa shape index (κ3) is 4.91. The molecule has 0 spiro atoms. The molecule has 1 aromatic carbocycles. The molecular weight excluding hydrogens is 238 g/mol. The molecule has 1 unspecified atom stereocenters. The normalized spacial score (nSPS) is 11.6. The quantitative estimate of drug-likeness (QED) is 0.611. The van der Waals surface area contributed by atoms with Crippen molar-refractivity contribution < 1.29 is 14.3 Å². The summed E-state index contributed by atoms with van der Waals surface area (Å²) in [5.74, 6) is -0.535. The highest BCUT2D eigenvalue weighted by Crippen LogP contribution is 2.02. The van der Waals surface area contributed by atoms with Gasteiger partial charge in [-0.05, 0) is 5.56 Å². The van der Waals surface area contributed by atoms with Gasteiger partial charge in [0, 0.05) is 12.7 Å². The van der Waals surface area contributed by atoms with Gasteiger partial charge in [-0.25, -0.2) is 4.79 Å². The van der Waals surface area contributed by atoms with Crippen LogP contribution >= 0.6 is 12.6 Å². The van der Waals surface area contributed by atoms with E-state index < -0.39 is 12.0 Å². The number of carbonyl (C=O) groups is 2. The van der Waals surface area contributed by atoms with Crippen LogP contribution in [-0.4, -0.2) is 23.7 Å². The first kappa shape index (κ1) is 13.6. The molecular formula is C12H15NO3S. The Balaban J connectivity index is 2.45. The number of ether oxygens (including phenoxy) is 1. The summed E-state index contributed by atoms with van der Waals surface area (Å²) in [6, 6.07) is 8.65. The average molecular weight is 253 g/mol. The smallest absolute Gasteiger partial charge is 0.329 e. The average Bonchev–Trinajstić information content (AvgIpc) is 2.34. The standard InChI is InChI=1S/C12H15NO3S/c1-9(14)13-11(8-17)12(15)16-7-10-5-3-2-4-6-10/h2-6,11,17H,7-8H2,1H3,(H,13,14). The van der Waals surface area contributed by atoms with E-state index in [9.17, 15) is 9.59 Å². The molecule has 4 nitrogen and oxygen atoms in total. The lowest BCUT2D eigenvalue weighted by molar-refractivity contribution is -0.148. The maximum atomic E-state index is 11.6. The minimum Gasteiger partial charge on any atom is -0.459 e. The van der Waals surface area contributed by atoms with E-state index in [1.54, 1.807) is 0 Å². The van der Waals surface area contributed by atoms with E-state index in [0.717, 1.165) is 5.56 Å². The van der Waals surface area contributed by atoms with Gasteiger partial charge in [-0.2, -0.15) is 12.6 Å². The number of nitrogens with one attached hydrogen (secondary N) is 1. The monoisotopic (exact) mass is 253 g/mol. The molecule has 0 fully saturated rings. The van der Waals surface area contributed by atoms with Gasteiger partial charge >= 0.3 is 5.97 Å². The van der Waals surface area contributed by atoms with E-state index in [1.165, 1.54) is 6.92 Å². The van der Waals surface area contributed by atoms with Crippen LogP contribution in [0.4, 0.5) is 0 Å². The van der Waals surface area contributed by atoms with Crippen molar-refractivity contribution in [1.82, 2.24) is 5.32 Å². The first-order valence-electron chi connectivity index (χ1n) is 5.22. The molecule has 5 heteroatoms. The van der Waals surface area contributed by atoms with E-state index in [-0.39, 0.29) is 18.3 Å². The van der Waals surface area contributed by atoms with E-state index in [2.05, 4.69) is 17.9 Å². The van der Waals surface area contributed by atoms with Gasteiger partial charge < -0.3 is 10.1 Å². The summed E-state index contributed by atoms with van der Waals surface area (Å²) < 4.78 is 5.08. The number of hydrogen-bond donors (Lipinski definition) is 2. The summed E-state index contributed by atoms with van der Waals surface area (Å²) in [6.07, 6.45) is 0. The van der Waals surface area contributed by atoms with E-state index in [0.29, 0.717) is 0 Å². The van der Waals surface area contributed by atoms with Crippen molar-refractivity contribution in [2.24, 2.45) is 0 Å². The first-order valence-corrected chi connectivity index (χ1v) is 5.85. The second-order valence-electron chi connectivity index (χ2n) is 3.53. The number of carbonyl (C=O) groups excluding carboxylic acids is 2. The second-order valence-corrected chi connectivity index (χ2v) is 3.89. The van der Waals surface area contributed by atoms with Crippen molar-refractivity contribution in [2.45, 2.75) is 19.6 Å². The molecule has 0 aromatic heterocycles. The largest absolute Gasteiger partial charge is 0.459 e. The van der Waals surface area contributed by atoms with Crippen LogP contribution in [0, 0.1) is 0 Å². The number of benzene rings is 1. The van der Waals surface area contributed by atoms with Gasteiger partial charge in [0.2, 0.25) is 5.91 Å². The maximum absolute atomic E-state index is 11.6. The Labute approximate surface area is 106 Å². The lowest BCUT2D eigenvalue weighted by atomic mass is 10.2. The van der Waals surface area contributed by atoms with Crippen molar-refractivity contribution >= 4 is 24.5 Å². The highest BCUT2D eigenvalue weighted by atomic mass is 32.1. The second kappa shape index (κ2) is 6.96. The van der Waals surface area contributed by atoms with Crippen LogP contribution in [0.2, 0.25) is 0 Å². The number of rotatable bonds is 5. The molecule has 1 rings (SSSR count). The van der Waals surface area contributed by atoms with Gasteiger partial charge in [-0.15, -0.1) is 0 Å². The van der Waals surface area contributed by atoms with Crippen molar-refractivity contribution in [2.75, 3.05) is 5.75 Å². The Hall–Kier alpha value is -1.49. The van der Waals surface area contributed by atoms with Crippen LogP contribution in [0.5, 0.6) is 0 Å². The van der Waals surface area contributed by atoms with Crippen LogP contribution in [0.3, 0.4) is 0 Å². The van der Waals surface area contributed by atoms with Crippen molar-refractivity contribution in [3.8, 4) is 0 Å². The van der Waals surface area contributed by atoms with Crippen molar-refractivity contribution in [1.29, 1.82) is 0 Å². The fourth-order valence-corrected chi connectivity index (χ4v) is 1.49. The summed E-state index contributed by atoms with van der Waals surface area (Å²) in [4.78, 5) is 22.4. The highest BCUT2D eigenvalue weighted by molar-refractivity contribution is 7.80. The molecule has 1 atom stereocenters. The number of thiol groups is 1. The van der Waals surface area contributed by atoms with Crippen LogP contribution < -0.4 is 5.32 Å². The number of esters is 1. The molecule has 0 aliphatic rings. The summed E-state index contributed by atoms with van der Waals surface area (Å²) in [5.41, 5.74) is 0.904. The van der Waals surface area contributed by atoms with Gasteiger partial charge in [0.25, 0.3) is 0 Å². The minimum absolute atomic E-state index is 0.198. The van der Waals surface area contributed by atoms with Gasteiger partial charge in [-0.1, -0.05) is 30.3 Å².